The van der Waals surface area contributed by atoms with E-state index in [1.54, 1.807) is 0 Å². The molecule has 0 bridgehead atoms. The van der Waals surface area contributed by atoms with Crippen molar-refractivity contribution in [1.82, 2.24) is 4.90 Å². The second-order valence-corrected chi connectivity index (χ2v) is 5.38. The van der Waals surface area contributed by atoms with Crippen LogP contribution < -0.4 is 5.73 Å². The molecule has 1 saturated carbocycles. The fourth-order valence-electron chi connectivity index (χ4n) is 2.44. The van der Waals surface area contributed by atoms with Crippen LogP contribution in [0.1, 0.15) is 31.7 Å². The molecule has 1 aromatic rings. The van der Waals surface area contributed by atoms with Crippen molar-refractivity contribution in [2.75, 3.05) is 18.8 Å². The number of nitrogens with zero attached hydrogens (tertiary/aromatic N) is 2. The maximum Gasteiger partial charge on any atom is 0.0628 e. The molecule has 1 aliphatic carbocycles. The van der Waals surface area contributed by atoms with E-state index in [0.29, 0.717) is 6.42 Å². The van der Waals surface area contributed by atoms with Crippen LogP contribution in [0.3, 0.4) is 0 Å². The van der Waals surface area contributed by atoms with Crippen molar-refractivity contribution in [3.8, 4) is 6.07 Å². The van der Waals surface area contributed by atoms with Crippen molar-refractivity contribution < 1.29 is 0 Å². The van der Waals surface area contributed by atoms with E-state index < -0.39 is 0 Å². The first-order valence-electron chi connectivity index (χ1n) is 6.61. The Labute approximate surface area is 109 Å². The van der Waals surface area contributed by atoms with E-state index >= 15 is 0 Å². The first-order valence-corrected chi connectivity index (χ1v) is 6.61. The summed E-state index contributed by atoms with van der Waals surface area (Å²) in [7, 11) is 0. The van der Waals surface area contributed by atoms with Crippen LogP contribution in [0.2, 0.25) is 0 Å². The van der Waals surface area contributed by atoms with Crippen molar-refractivity contribution in [2.45, 2.75) is 32.7 Å². The van der Waals surface area contributed by atoms with Gasteiger partial charge in [-0.05, 0) is 42.5 Å². The van der Waals surface area contributed by atoms with Gasteiger partial charge in [0.1, 0.15) is 0 Å². The van der Waals surface area contributed by atoms with Gasteiger partial charge in [-0.15, -0.1) is 0 Å². The summed E-state index contributed by atoms with van der Waals surface area (Å²) in [6, 6.07) is 10.4. The topological polar surface area (TPSA) is 53.0 Å². The Bertz CT molecular complexity index is 443. The zero-order valence-corrected chi connectivity index (χ0v) is 11.0. The van der Waals surface area contributed by atoms with E-state index in [4.69, 9.17) is 11.0 Å². The molecule has 2 rings (SSSR count). The fraction of sp³-hybridized carbons (Fsp3) is 0.533. The monoisotopic (exact) mass is 243 g/mol. The third-order valence-corrected chi connectivity index (χ3v) is 3.77. The molecule has 3 nitrogen and oxygen atoms in total. The minimum atomic E-state index is 0.283. The molecule has 0 saturated heterocycles. The van der Waals surface area contributed by atoms with E-state index in [9.17, 15) is 0 Å². The van der Waals surface area contributed by atoms with Crippen LogP contribution in [0.5, 0.6) is 0 Å². The molecule has 0 aromatic heterocycles. The number of hydrogen-bond donors (Lipinski definition) is 1. The smallest absolute Gasteiger partial charge is 0.0628 e. The SMILES string of the molecule is CCN(Cc1cccc(N)c1)CC1(CC#N)CC1. The Morgan fingerprint density at radius 1 is 1.44 bits per heavy atom. The summed E-state index contributed by atoms with van der Waals surface area (Å²) in [6.07, 6.45) is 3.10. The molecule has 1 aliphatic rings. The first-order chi connectivity index (χ1) is 8.67. The lowest BCUT2D eigenvalue weighted by molar-refractivity contribution is 0.223. The van der Waals surface area contributed by atoms with Crippen molar-refractivity contribution >= 4 is 5.69 Å². The van der Waals surface area contributed by atoms with Gasteiger partial charge in [-0.2, -0.15) is 5.26 Å². The number of rotatable bonds is 6. The predicted octanol–water partition coefficient (Wildman–Crippen LogP) is 2.78. The molecule has 1 fully saturated rings. The highest BCUT2D eigenvalue weighted by atomic mass is 15.1. The summed E-state index contributed by atoms with van der Waals surface area (Å²) >= 11 is 0. The normalized spacial score (nSPS) is 16.5. The predicted molar refractivity (Wildman–Crippen MR) is 73.7 cm³/mol. The quantitative estimate of drug-likeness (QED) is 0.782. The van der Waals surface area contributed by atoms with E-state index in [-0.39, 0.29) is 5.41 Å². The number of anilines is 1. The lowest BCUT2D eigenvalue weighted by Crippen LogP contribution is -2.30. The van der Waals surface area contributed by atoms with Crippen LogP contribution in [-0.4, -0.2) is 18.0 Å². The van der Waals surface area contributed by atoms with Crippen LogP contribution >= 0.6 is 0 Å². The molecule has 0 amide bonds. The van der Waals surface area contributed by atoms with E-state index in [2.05, 4.69) is 24.0 Å². The van der Waals surface area contributed by atoms with Gasteiger partial charge >= 0.3 is 0 Å². The number of nitrogens with two attached hydrogens (primary N) is 1. The molecular weight excluding hydrogens is 222 g/mol. The molecule has 0 unspecified atom stereocenters. The number of nitriles is 1. The molecule has 0 spiro atoms. The van der Waals surface area contributed by atoms with Gasteiger partial charge in [0.25, 0.3) is 0 Å². The number of benzene rings is 1. The van der Waals surface area contributed by atoms with Crippen molar-refractivity contribution in [3.05, 3.63) is 29.8 Å². The van der Waals surface area contributed by atoms with Crippen molar-refractivity contribution in [2.24, 2.45) is 5.41 Å². The maximum absolute atomic E-state index is 8.87. The number of hydrogen-bond acceptors (Lipinski definition) is 3. The van der Waals surface area contributed by atoms with Crippen LogP contribution in [0.15, 0.2) is 24.3 Å². The summed E-state index contributed by atoms with van der Waals surface area (Å²) in [4.78, 5) is 2.42. The lowest BCUT2D eigenvalue weighted by Gasteiger charge is -2.25. The molecule has 0 atom stereocenters. The van der Waals surface area contributed by atoms with Gasteiger partial charge < -0.3 is 5.73 Å². The van der Waals surface area contributed by atoms with E-state index in [0.717, 1.165) is 25.3 Å². The van der Waals surface area contributed by atoms with Gasteiger partial charge in [-0.25, -0.2) is 0 Å². The third-order valence-electron chi connectivity index (χ3n) is 3.77. The Morgan fingerprint density at radius 2 is 2.22 bits per heavy atom. The minimum absolute atomic E-state index is 0.283. The molecular formula is C15H21N3. The molecule has 18 heavy (non-hydrogen) atoms. The van der Waals surface area contributed by atoms with Crippen molar-refractivity contribution in [1.29, 1.82) is 5.26 Å². The van der Waals surface area contributed by atoms with Gasteiger partial charge in [0, 0.05) is 25.2 Å². The molecule has 1 aromatic carbocycles. The highest BCUT2D eigenvalue weighted by molar-refractivity contribution is 5.40. The zero-order chi connectivity index (χ0) is 13.0. The van der Waals surface area contributed by atoms with Gasteiger partial charge in [-0.3, -0.25) is 4.90 Å². The molecule has 96 valence electrons. The van der Waals surface area contributed by atoms with Crippen molar-refractivity contribution in [3.63, 3.8) is 0 Å². The summed E-state index contributed by atoms with van der Waals surface area (Å²) in [5.74, 6) is 0. The largest absolute Gasteiger partial charge is 0.399 e. The molecule has 2 N–H and O–H groups in total. The second kappa shape index (κ2) is 5.41. The van der Waals surface area contributed by atoms with Gasteiger partial charge in [0.2, 0.25) is 0 Å². The Hall–Kier alpha value is -1.53. The van der Waals surface area contributed by atoms with Gasteiger partial charge in [-0.1, -0.05) is 19.1 Å². The average molecular weight is 243 g/mol. The molecule has 0 radical (unpaired) electrons. The van der Waals surface area contributed by atoms with Crippen LogP contribution in [0.4, 0.5) is 5.69 Å². The van der Waals surface area contributed by atoms with Crippen LogP contribution in [0, 0.1) is 16.7 Å². The average Bonchev–Trinajstić information content (AvgIpc) is 3.09. The van der Waals surface area contributed by atoms with E-state index in [1.807, 2.05) is 18.2 Å². The second-order valence-electron chi connectivity index (χ2n) is 5.38. The maximum atomic E-state index is 8.87. The molecule has 3 heteroatoms. The fourth-order valence-corrected chi connectivity index (χ4v) is 2.44. The Morgan fingerprint density at radius 3 is 2.78 bits per heavy atom. The summed E-state index contributed by atoms with van der Waals surface area (Å²) in [5.41, 5.74) is 8.16. The molecule has 0 heterocycles. The summed E-state index contributed by atoms with van der Waals surface area (Å²) in [6.45, 7) is 5.15. The molecule has 0 aliphatic heterocycles. The highest BCUT2D eigenvalue weighted by Crippen LogP contribution is 2.49. The summed E-state index contributed by atoms with van der Waals surface area (Å²) in [5, 5.41) is 8.87. The zero-order valence-electron chi connectivity index (χ0n) is 11.0. The highest BCUT2D eigenvalue weighted by Gasteiger charge is 2.43. The van der Waals surface area contributed by atoms with Gasteiger partial charge in [0.15, 0.2) is 0 Å². The standard InChI is InChI=1S/C15H21N3/c1-2-18(12-15(6-7-15)8-9-16)11-13-4-3-5-14(17)10-13/h3-5,10H,2,6-8,11-12,17H2,1H3. The first kappa shape index (κ1) is 12.9. The Balaban J connectivity index is 1.96. The van der Waals surface area contributed by atoms with Crippen LogP contribution in [0.25, 0.3) is 0 Å². The lowest BCUT2D eigenvalue weighted by atomic mass is 10.0. The number of nitrogen functional groups attached to an aromatic ring is 1. The van der Waals surface area contributed by atoms with Gasteiger partial charge in [0.05, 0.1) is 6.07 Å². The Kier molecular flexibility index (Phi) is 3.88. The van der Waals surface area contributed by atoms with E-state index in [1.165, 1.54) is 18.4 Å². The van der Waals surface area contributed by atoms with Crippen LogP contribution in [-0.2, 0) is 6.54 Å². The minimum Gasteiger partial charge on any atom is -0.399 e. The third kappa shape index (κ3) is 3.24. The summed E-state index contributed by atoms with van der Waals surface area (Å²) < 4.78 is 0.